The third-order valence-corrected chi connectivity index (χ3v) is 2.82. The fraction of sp³-hybridized carbons (Fsp3) is 0.385. The van der Waals surface area contributed by atoms with E-state index in [4.69, 9.17) is 26.4 Å². The van der Waals surface area contributed by atoms with Gasteiger partial charge < -0.3 is 19.5 Å². The zero-order chi connectivity index (χ0) is 14.2. The van der Waals surface area contributed by atoms with Crippen LogP contribution in [0.15, 0.2) is 23.3 Å². The van der Waals surface area contributed by atoms with Crippen LogP contribution in [0, 0.1) is 0 Å². The van der Waals surface area contributed by atoms with Gasteiger partial charge in [-0.1, -0.05) is 0 Å². The molecule has 1 aromatic carbocycles. The summed E-state index contributed by atoms with van der Waals surface area (Å²) in [5, 5.41) is 7.57. The van der Waals surface area contributed by atoms with E-state index in [9.17, 15) is 0 Å². The number of hydrazone groups is 1. The molecule has 0 bridgehead atoms. The van der Waals surface area contributed by atoms with E-state index in [-0.39, 0.29) is 6.79 Å². The van der Waals surface area contributed by atoms with Crippen molar-refractivity contribution in [3.63, 3.8) is 0 Å². The maximum Gasteiger partial charge on any atom is 0.231 e. The number of hydrogen-bond donors (Lipinski definition) is 2. The molecule has 0 saturated heterocycles. The van der Waals surface area contributed by atoms with Crippen LogP contribution in [0.4, 0.5) is 0 Å². The van der Waals surface area contributed by atoms with Crippen molar-refractivity contribution < 1.29 is 14.2 Å². The average molecular weight is 295 g/mol. The number of nitrogens with zero attached hydrogens (tertiary/aromatic N) is 1. The summed E-state index contributed by atoms with van der Waals surface area (Å²) in [4.78, 5) is 0. The first kappa shape index (κ1) is 14.5. The van der Waals surface area contributed by atoms with Gasteiger partial charge >= 0.3 is 0 Å². The first-order chi connectivity index (χ1) is 9.79. The predicted molar refractivity (Wildman–Crippen MR) is 80.4 cm³/mol. The molecule has 2 N–H and O–H groups in total. The Labute approximate surface area is 123 Å². The van der Waals surface area contributed by atoms with Gasteiger partial charge in [0.1, 0.15) is 0 Å². The molecule has 20 heavy (non-hydrogen) atoms. The van der Waals surface area contributed by atoms with E-state index in [0.717, 1.165) is 30.0 Å². The van der Waals surface area contributed by atoms with Gasteiger partial charge in [0, 0.05) is 20.3 Å². The molecule has 0 amide bonds. The van der Waals surface area contributed by atoms with E-state index in [1.807, 2.05) is 18.2 Å². The zero-order valence-corrected chi connectivity index (χ0v) is 12.0. The van der Waals surface area contributed by atoms with Crippen LogP contribution in [0.5, 0.6) is 11.5 Å². The minimum atomic E-state index is 0.268. The van der Waals surface area contributed by atoms with E-state index in [1.165, 1.54) is 0 Å². The Balaban J connectivity index is 1.74. The first-order valence-electron chi connectivity index (χ1n) is 6.25. The number of fused-ring (bicyclic) bond motifs is 1. The van der Waals surface area contributed by atoms with Crippen molar-refractivity contribution in [1.29, 1.82) is 0 Å². The molecular weight excluding hydrogens is 278 g/mol. The van der Waals surface area contributed by atoms with Gasteiger partial charge in [0.05, 0.1) is 6.21 Å². The van der Waals surface area contributed by atoms with E-state index in [1.54, 1.807) is 13.3 Å². The second-order valence-electron chi connectivity index (χ2n) is 4.08. The molecule has 6 nitrogen and oxygen atoms in total. The molecule has 0 atom stereocenters. The summed E-state index contributed by atoms with van der Waals surface area (Å²) < 4.78 is 15.5. The molecule has 0 spiro atoms. The normalized spacial score (nSPS) is 12.7. The number of thiocarbonyl (C=S) groups is 1. The van der Waals surface area contributed by atoms with Crippen molar-refractivity contribution in [2.45, 2.75) is 6.42 Å². The summed E-state index contributed by atoms with van der Waals surface area (Å²) in [6.07, 6.45) is 2.56. The van der Waals surface area contributed by atoms with Crippen LogP contribution >= 0.6 is 12.2 Å². The molecule has 1 aromatic rings. The van der Waals surface area contributed by atoms with Gasteiger partial charge in [-0.15, -0.1) is 0 Å². The monoisotopic (exact) mass is 295 g/mol. The van der Waals surface area contributed by atoms with Crippen LogP contribution in [0.1, 0.15) is 12.0 Å². The van der Waals surface area contributed by atoms with Gasteiger partial charge in [0.15, 0.2) is 16.6 Å². The van der Waals surface area contributed by atoms with Crippen molar-refractivity contribution in [2.24, 2.45) is 5.10 Å². The molecule has 1 aliphatic heterocycles. The highest BCUT2D eigenvalue weighted by molar-refractivity contribution is 7.80. The Morgan fingerprint density at radius 3 is 3.15 bits per heavy atom. The van der Waals surface area contributed by atoms with Crippen molar-refractivity contribution in [2.75, 3.05) is 27.1 Å². The van der Waals surface area contributed by atoms with Crippen molar-refractivity contribution in [3.05, 3.63) is 23.8 Å². The fourth-order valence-corrected chi connectivity index (χ4v) is 1.77. The number of nitrogens with one attached hydrogen (secondary N) is 2. The van der Waals surface area contributed by atoms with E-state index < -0.39 is 0 Å². The van der Waals surface area contributed by atoms with Gasteiger partial charge in [0.2, 0.25) is 6.79 Å². The molecule has 0 saturated carbocycles. The van der Waals surface area contributed by atoms with Crippen LogP contribution in [0.3, 0.4) is 0 Å². The molecule has 1 aliphatic rings. The topological polar surface area (TPSA) is 64.1 Å². The highest BCUT2D eigenvalue weighted by atomic mass is 32.1. The smallest absolute Gasteiger partial charge is 0.231 e. The van der Waals surface area contributed by atoms with E-state index in [0.29, 0.717) is 11.7 Å². The molecule has 0 fully saturated rings. The summed E-state index contributed by atoms with van der Waals surface area (Å²) in [7, 11) is 1.67. The molecule has 1 heterocycles. The van der Waals surface area contributed by atoms with Crippen LogP contribution in [0.25, 0.3) is 0 Å². The largest absolute Gasteiger partial charge is 0.454 e. The third kappa shape index (κ3) is 4.36. The Morgan fingerprint density at radius 1 is 1.45 bits per heavy atom. The summed E-state index contributed by atoms with van der Waals surface area (Å²) in [5.41, 5.74) is 3.66. The van der Waals surface area contributed by atoms with Gasteiger partial charge in [-0.3, -0.25) is 5.43 Å². The number of rotatable bonds is 6. The maximum absolute atomic E-state index is 5.29. The highest BCUT2D eigenvalue weighted by Gasteiger charge is 2.12. The minimum Gasteiger partial charge on any atom is -0.454 e. The number of methoxy groups -OCH3 is 1. The Kier molecular flexibility index (Phi) is 5.57. The molecule has 0 aliphatic carbocycles. The summed E-state index contributed by atoms with van der Waals surface area (Å²) in [5.74, 6) is 1.49. The summed E-state index contributed by atoms with van der Waals surface area (Å²) >= 11 is 5.08. The van der Waals surface area contributed by atoms with Crippen LogP contribution in [0.2, 0.25) is 0 Å². The second kappa shape index (κ2) is 7.66. The first-order valence-corrected chi connectivity index (χ1v) is 6.66. The Morgan fingerprint density at radius 2 is 2.30 bits per heavy atom. The average Bonchev–Trinajstić information content (AvgIpc) is 2.91. The van der Waals surface area contributed by atoms with Gasteiger partial charge in [-0.05, 0) is 42.4 Å². The lowest BCUT2D eigenvalue weighted by atomic mass is 10.2. The molecule has 2 rings (SSSR count). The molecule has 7 heteroatoms. The SMILES string of the molecule is COCCCNC(=S)N/N=C\c1ccc2c(c1)OCO2. The lowest BCUT2D eigenvalue weighted by Crippen LogP contribution is -2.33. The molecule has 0 unspecified atom stereocenters. The number of hydrogen-bond acceptors (Lipinski definition) is 5. The van der Waals surface area contributed by atoms with Crippen molar-refractivity contribution in [1.82, 2.24) is 10.7 Å². The van der Waals surface area contributed by atoms with Crippen LogP contribution < -0.4 is 20.2 Å². The fourth-order valence-electron chi connectivity index (χ4n) is 1.62. The van der Waals surface area contributed by atoms with Gasteiger partial charge in [0.25, 0.3) is 0 Å². The summed E-state index contributed by atoms with van der Waals surface area (Å²) in [6.45, 7) is 1.72. The number of benzene rings is 1. The van der Waals surface area contributed by atoms with Crippen LogP contribution in [-0.2, 0) is 4.74 Å². The quantitative estimate of drug-likeness (QED) is 0.356. The second-order valence-corrected chi connectivity index (χ2v) is 4.49. The van der Waals surface area contributed by atoms with Crippen molar-refractivity contribution in [3.8, 4) is 11.5 Å². The zero-order valence-electron chi connectivity index (χ0n) is 11.2. The number of ether oxygens (including phenoxy) is 3. The maximum atomic E-state index is 5.29. The minimum absolute atomic E-state index is 0.268. The molecule has 108 valence electrons. The molecule has 0 radical (unpaired) electrons. The third-order valence-electron chi connectivity index (χ3n) is 2.59. The van der Waals surface area contributed by atoms with Crippen molar-refractivity contribution >= 4 is 23.5 Å². The van der Waals surface area contributed by atoms with Gasteiger partial charge in [-0.2, -0.15) is 5.10 Å². The Bertz CT molecular complexity index is 494. The van der Waals surface area contributed by atoms with Crippen LogP contribution in [-0.4, -0.2) is 38.4 Å². The van der Waals surface area contributed by atoms with Gasteiger partial charge in [-0.25, -0.2) is 0 Å². The van der Waals surface area contributed by atoms with E-state index >= 15 is 0 Å². The Hall–Kier alpha value is -1.86. The highest BCUT2D eigenvalue weighted by Crippen LogP contribution is 2.31. The standard InChI is InChI=1S/C13H17N3O3S/c1-17-6-2-5-14-13(20)16-15-8-10-3-4-11-12(7-10)19-9-18-11/h3-4,7-8H,2,5-6,9H2,1H3,(H2,14,16,20)/b15-8-. The molecule has 0 aromatic heterocycles. The summed E-state index contributed by atoms with van der Waals surface area (Å²) in [6, 6.07) is 5.61. The lowest BCUT2D eigenvalue weighted by Gasteiger charge is -2.06. The van der Waals surface area contributed by atoms with E-state index in [2.05, 4.69) is 15.8 Å². The molecular formula is C13H17N3O3S. The lowest BCUT2D eigenvalue weighted by molar-refractivity contribution is 0.174. The predicted octanol–water partition coefficient (Wildman–Crippen LogP) is 1.25.